The van der Waals surface area contributed by atoms with E-state index >= 15 is 0 Å². The molecule has 2 aromatic carbocycles. The van der Waals surface area contributed by atoms with Crippen LogP contribution in [-0.2, 0) is 9.47 Å². The molecule has 1 heterocycles. The number of aliphatic hydroxyl groups is 1. The largest absolute Gasteiger partial charge is 0.390 e. The lowest BCUT2D eigenvalue weighted by atomic mass is 9.95. The first kappa shape index (κ1) is 17.2. The second-order valence-electron chi connectivity index (χ2n) is 6.38. The molecule has 3 rings (SSSR count). The van der Waals surface area contributed by atoms with Crippen LogP contribution in [0.5, 0.6) is 0 Å². The van der Waals surface area contributed by atoms with Crippen molar-refractivity contribution in [3.8, 4) is 0 Å². The van der Waals surface area contributed by atoms with Gasteiger partial charge in [-0.1, -0.05) is 80.4 Å². The van der Waals surface area contributed by atoms with Gasteiger partial charge in [0.2, 0.25) is 0 Å². The zero-order valence-corrected chi connectivity index (χ0v) is 14.2. The Kier molecular flexibility index (Phi) is 6.02. The molecule has 0 amide bonds. The minimum Gasteiger partial charge on any atom is -0.390 e. The van der Waals surface area contributed by atoms with Gasteiger partial charge in [0.05, 0.1) is 12.7 Å². The maximum atomic E-state index is 10.4. The highest BCUT2D eigenvalue weighted by Gasteiger charge is 2.36. The molecule has 1 saturated heterocycles. The van der Waals surface area contributed by atoms with E-state index in [0.717, 1.165) is 30.4 Å². The van der Waals surface area contributed by atoms with Crippen LogP contribution in [0.4, 0.5) is 0 Å². The first-order valence-electron chi connectivity index (χ1n) is 8.84. The second-order valence-corrected chi connectivity index (χ2v) is 6.38. The lowest BCUT2D eigenvalue weighted by Crippen LogP contribution is -2.41. The third-order valence-electron chi connectivity index (χ3n) is 4.58. The van der Waals surface area contributed by atoms with Gasteiger partial charge in [-0.2, -0.15) is 0 Å². The molecule has 3 heteroatoms. The van der Waals surface area contributed by atoms with Gasteiger partial charge in [-0.15, -0.1) is 0 Å². The number of hydrogen-bond acceptors (Lipinski definition) is 3. The first-order valence-corrected chi connectivity index (χ1v) is 8.84. The van der Waals surface area contributed by atoms with Crippen LogP contribution in [0, 0.1) is 0 Å². The van der Waals surface area contributed by atoms with E-state index < -0.39 is 6.10 Å². The summed E-state index contributed by atoms with van der Waals surface area (Å²) in [6.07, 6.45) is 1.71. The molecule has 1 N–H and O–H groups in total. The van der Waals surface area contributed by atoms with Gasteiger partial charge in [0.15, 0.2) is 0 Å². The van der Waals surface area contributed by atoms with Gasteiger partial charge < -0.3 is 14.6 Å². The van der Waals surface area contributed by atoms with Gasteiger partial charge in [-0.25, -0.2) is 0 Å². The minimum atomic E-state index is -0.479. The van der Waals surface area contributed by atoms with Crippen LogP contribution in [0.2, 0.25) is 0 Å². The van der Waals surface area contributed by atoms with Crippen LogP contribution in [-0.4, -0.2) is 23.9 Å². The Morgan fingerprint density at radius 3 is 2.12 bits per heavy atom. The normalized spacial score (nSPS) is 25.3. The summed E-state index contributed by atoms with van der Waals surface area (Å²) in [7, 11) is 0. The number of unbranched alkanes of at least 4 members (excludes halogenated alkanes) is 1. The molecule has 128 valence electrons. The van der Waals surface area contributed by atoms with E-state index in [1.165, 1.54) is 0 Å². The lowest BCUT2D eigenvalue weighted by Gasteiger charge is -2.39. The Balaban J connectivity index is 1.81. The number of hydrogen-bond donors (Lipinski definition) is 1. The minimum absolute atomic E-state index is 0.150. The van der Waals surface area contributed by atoms with Crippen molar-refractivity contribution in [3.05, 3.63) is 71.8 Å². The van der Waals surface area contributed by atoms with E-state index in [2.05, 4.69) is 31.2 Å². The van der Waals surface area contributed by atoms with Crippen molar-refractivity contribution in [2.75, 3.05) is 6.61 Å². The van der Waals surface area contributed by atoms with Crippen molar-refractivity contribution in [2.45, 2.75) is 50.6 Å². The zero-order valence-electron chi connectivity index (χ0n) is 14.2. The molecule has 0 aromatic heterocycles. The summed E-state index contributed by atoms with van der Waals surface area (Å²) in [4.78, 5) is 0. The highest BCUT2D eigenvalue weighted by Crippen LogP contribution is 2.40. The van der Waals surface area contributed by atoms with Crippen molar-refractivity contribution in [3.63, 3.8) is 0 Å². The van der Waals surface area contributed by atoms with E-state index in [0.29, 0.717) is 6.61 Å². The Hall–Kier alpha value is -1.68. The molecule has 0 radical (unpaired) electrons. The van der Waals surface area contributed by atoms with E-state index in [-0.39, 0.29) is 18.3 Å². The van der Waals surface area contributed by atoms with Gasteiger partial charge >= 0.3 is 0 Å². The summed E-state index contributed by atoms with van der Waals surface area (Å²) in [5, 5.41) is 10.4. The molecule has 24 heavy (non-hydrogen) atoms. The monoisotopic (exact) mass is 326 g/mol. The van der Waals surface area contributed by atoms with Crippen LogP contribution in [0.1, 0.15) is 49.5 Å². The highest BCUT2D eigenvalue weighted by molar-refractivity contribution is 5.26. The quantitative estimate of drug-likeness (QED) is 0.853. The molecule has 0 aliphatic carbocycles. The molecule has 1 aliphatic heterocycles. The summed E-state index contributed by atoms with van der Waals surface area (Å²) >= 11 is 0. The molecular weight excluding hydrogens is 300 g/mol. The highest BCUT2D eigenvalue weighted by atomic mass is 16.6. The average Bonchev–Trinajstić information content (AvgIpc) is 2.67. The zero-order chi connectivity index (χ0) is 16.8. The fourth-order valence-electron chi connectivity index (χ4n) is 3.20. The Bertz CT molecular complexity index is 599. The van der Waals surface area contributed by atoms with Crippen LogP contribution in [0.25, 0.3) is 0 Å². The van der Waals surface area contributed by atoms with Crippen LogP contribution in [0.15, 0.2) is 60.7 Å². The maximum Gasteiger partial charge on any atom is 0.113 e. The topological polar surface area (TPSA) is 38.7 Å². The van der Waals surface area contributed by atoms with Crippen molar-refractivity contribution in [1.82, 2.24) is 0 Å². The predicted molar refractivity (Wildman–Crippen MR) is 94.7 cm³/mol. The predicted octanol–water partition coefficient (Wildman–Crippen LogP) is 4.44. The molecule has 0 saturated carbocycles. The van der Waals surface area contributed by atoms with E-state index in [9.17, 15) is 5.11 Å². The van der Waals surface area contributed by atoms with Crippen molar-refractivity contribution in [2.24, 2.45) is 0 Å². The van der Waals surface area contributed by atoms with Crippen LogP contribution >= 0.6 is 0 Å². The van der Waals surface area contributed by atoms with Gasteiger partial charge in [0.25, 0.3) is 0 Å². The maximum absolute atomic E-state index is 10.4. The SMILES string of the molecule is CCCC[C@H](O)[C@H]1CO[C@H](c2ccccc2)[C@@H](c2ccccc2)O1. The summed E-state index contributed by atoms with van der Waals surface area (Å²) in [5.74, 6) is 0. The standard InChI is InChI=1S/C21H26O3/c1-2-3-14-18(22)19-15-23-20(16-10-6-4-7-11-16)21(24-19)17-12-8-5-9-13-17/h4-13,18-22H,2-3,14-15H2,1H3/t18-,19+,20+,21+/m0/s1. The third kappa shape index (κ3) is 4.04. The molecule has 0 bridgehead atoms. The van der Waals surface area contributed by atoms with Gasteiger partial charge in [-0.05, 0) is 17.5 Å². The van der Waals surface area contributed by atoms with Crippen LogP contribution in [0.3, 0.4) is 0 Å². The van der Waals surface area contributed by atoms with Gasteiger partial charge in [0, 0.05) is 0 Å². The number of aliphatic hydroxyl groups excluding tert-OH is 1. The van der Waals surface area contributed by atoms with Crippen molar-refractivity contribution in [1.29, 1.82) is 0 Å². The smallest absolute Gasteiger partial charge is 0.113 e. The van der Waals surface area contributed by atoms with Crippen LogP contribution < -0.4 is 0 Å². The van der Waals surface area contributed by atoms with E-state index in [4.69, 9.17) is 9.47 Å². The average molecular weight is 326 g/mol. The van der Waals surface area contributed by atoms with Gasteiger partial charge in [0.1, 0.15) is 18.3 Å². The molecule has 1 fully saturated rings. The Morgan fingerprint density at radius 1 is 0.958 bits per heavy atom. The van der Waals surface area contributed by atoms with Crippen molar-refractivity contribution >= 4 is 0 Å². The number of ether oxygens (including phenoxy) is 2. The van der Waals surface area contributed by atoms with E-state index in [1.54, 1.807) is 0 Å². The third-order valence-corrected chi connectivity index (χ3v) is 4.58. The number of rotatable bonds is 6. The summed E-state index contributed by atoms with van der Waals surface area (Å²) in [6.45, 7) is 2.55. The van der Waals surface area contributed by atoms with Gasteiger partial charge in [-0.3, -0.25) is 0 Å². The molecule has 0 unspecified atom stereocenters. The second kappa shape index (κ2) is 8.43. The summed E-state index contributed by atoms with van der Waals surface area (Å²) in [6, 6.07) is 20.3. The fraction of sp³-hybridized carbons (Fsp3) is 0.429. The molecule has 4 atom stereocenters. The number of benzene rings is 2. The van der Waals surface area contributed by atoms with Crippen molar-refractivity contribution < 1.29 is 14.6 Å². The molecule has 3 nitrogen and oxygen atoms in total. The summed E-state index contributed by atoms with van der Waals surface area (Å²) in [5.41, 5.74) is 2.19. The molecule has 2 aromatic rings. The van der Waals surface area contributed by atoms with E-state index in [1.807, 2.05) is 36.4 Å². The summed E-state index contributed by atoms with van der Waals surface area (Å²) < 4.78 is 12.5. The lowest BCUT2D eigenvalue weighted by molar-refractivity contribution is -0.212. The first-order chi connectivity index (χ1) is 11.8. The molecule has 0 spiro atoms. The Morgan fingerprint density at radius 2 is 1.54 bits per heavy atom. The molecule has 1 aliphatic rings. The Labute approximate surface area is 144 Å². The molecular formula is C21H26O3. The fourth-order valence-corrected chi connectivity index (χ4v) is 3.20.